The van der Waals surface area contributed by atoms with Gasteiger partial charge in [0.1, 0.15) is 9.88 Å². The molecule has 0 unspecified atom stereocenters. The fourth-order valence-corrected chi connectivity index (χ4v) is 3.19. The minimum Gasteiger partial charge on any atom is -0.330 e. The van der Waals surface area contributed by atoms with Gasteiger partial charge in [0.2, 0.25) is 0 Å². The molecule has 0 radical (unpaired) electrons. The van der Waals surface area contributed by atoms with Crippen LogP contribution in [0.15, 0.2) is 0 Å². The number of nitrogens with two attached hydrogens (primary N) is 1. The van der Waals surface area contributed by atoms with Crippen molar-refractivity contribution in [3.8, 4) is 9.88 Å². The minimum absolute atomic E-state index is 0.361. The molecule has 0 saturated carbocycles. The highest BCUT2D eigenvalue weighted by Gasteiger charge is 2.17. The second-order valence-corrected chi connectivity index (χ2v) is 5.85. The molecule has 2 N–H and O–H groups in total. The van der Waals surface area contributed by atoms with Crippen LogP contribution in [0.1, 0.15) is 36.9 Å². The van der Waals surface area contributed by atoms with Crippen molar-refractivity contribution in [1.82, 2.24) is 19.8 Å². The molecule has 0 saturated heterocycles. The van der Waals surface area contributed by atoms with Gasteiger partial charge in [0.15, 0.2) is 5.01 Å². The van der Waals surface area contributed by atoms with E-state index in [1.807, 2.05) is 0 Å². The van der Waals surface area contributed by atoms with Crippen LogP contribution in [0.4, 0.5) is 0 Å². The molecule has 2 heterocycles. The first-order valence-electron chi connectivity index (χ1n) is 5.57. The lowest BCUT2D eigenvalue weighted by Gasteiger charge is -1.99. The molecule has 2 aromatic rings. The SMILES string of the molecule is CC(C)c1nnsc1-c1nnc(CCCN)s1. The highest BCUT2D eigenvalue weighted by molar-refractivity contribution is 7.19. The average Bonchev–Trinajstić information content (AvgIpc) is 2.94. The third kappa shape index (κ3) is 2.85. The molecule has 2 rings (SSSR count). The van der Waals surface area contributed by atoms with E-state index in [0.29, 0.717) is 12.5 Å². The molecule has 2 aromatic heterocycles. The summed E-state index contributed by atoms with van der Waals surface area (Å²) in [6.07, 6.45) is 1.85. The summed E-state index contributed by atoms with van der Waals surface area (Å²) in [5.74, 6) is 0.361. The van der Waals surface area contributed by atoms with E-state index in [1.54, 1.807) is 11.3 Å². The summed E-state index contributed by atoms with van der Waals surface area (Å²) < 4.78 is 4.00. The highest BCUT2D eigenvalue weighted by atomic mass is 32.1. The summed E-state index contributed by atoms with van der Waals surface area (Å²) in [5, 5.41) is 14.5. The normalized spacial score (nSPS) is 11.3. The zero-order chi connectivity index (χ0) is 12.3. The van der Waals surface area contributed by atoms with Gasteiger partial charge in [0.05, 0.1) is 5.69 Å². The molecule has 0 amide bonds. The van der Waals surface area contributed by atoms with Gasteiger partial charge in [-0.2, -0.15) is 0 Å². The topological polar surface area (TPSA) is 77.6 Å². The lowest BCUT2D eigenvalue weighted by molar-refractivity contribution is 0.809. The van der Waals surface area contributed by atoms with Gasteiger partial charge >= 0.3 is 0 Å². The first kappa shape index (κ1) is 12.5. The summed E-state index contributed by atoms with van der Waals surface area (Å²) in [5.41, 5.74) is 6.49. The van der Waals surface area contributed by atoms with E-state index >= 15 is 0 Å². The predicted molar refractivity (Wildman–Crippen MR) is 70.3 cm³/mol. The van der Waals surface area contributed by atoms with Crippen LogP contribution in [0.5, 0.6) is 0 Å². The van der Waals surface area contributed by atoms with Crippen LogP contribution in [0.25, 0.3) is 9.88 Å². The van der Waals surface area contributed by atoms with E-state index in [2.05, 4.69) is 33.6 Å². The second-order valence-electron chi connectivity index (χ2n) is 4.04. The smallest absolute Gasteiger partial charge is 0.161 e. The van der Waals surface area contributed by atoms with Crippen molar-refractivity contribution in [1.29, 1.82) is 0 Å². The van der Waals surface area contributed by atoms with Crippen molar-refractivity contribution in [3.05, 3.63) is 10.7 Å². The van der Waals surface area contributed by atoms with E-state index in [-0.39, 0.29) is 0 Å². The van der Waals surface area contributed by atoms with E-state index in [9.17, 15) is 0 Å². The van der Waals surface area contributed by atoms with Gasteiger partial charge in [-0.05, 0) is 30.4 Å². The predicted octanol–water partition coefficient (Wildman–Crippen LogP) is 2.07. The monoisotopic (exact) mass is 269 g/mol. The Bertz CT molecular complexity index is 477. The first-order chi connectivity index (χ1) is 8.22. The lowest BCUT2D eigenvalue weighted by atomic mass is 10.1. The molecule has 0 atom stereocenters. The van der Waals surface area contributed by atoms with Crippen molar-refractivity contribution < 1.29 is 0 Å². The van der Waals surface area contributed by atoms with Crippen LogP contribution in [0.2, 0.25) is 0 Å². The second kappa shape index (κ2) is 5.61. The summed E-state index contributed by atoms with van der Waals surface area (Å²) in [6, 6.07) is 0. The van der Waals surface area contributed by atoms with E-state index in [1.165, 1.54) is 11.5 Å². The van der Waals surface area contributed by atoms with Crippen LogP contribution in [-0.2, 0) is 6.42 Å². The maximum atomic E-state index is 5.48. The fourth-order valence-electron chi connectivity index (χ4n) is 1.42. The third-order valence-corrected chi connectivity index (χ3v) is 4.19. The van der Waals surface area contributed by atoms with Crippen LogP contribution in [0.3, 0.4) is 0 Å². The quantitative estimate of drug-likeness (QED) is 0.899. The molecular formula is C10H15N5S2. The Morgan fingerprint density at radius 2 is 2.06 bits per heavy atom. The summed E-state index contributed by atoms with van der Waals surface area (Å²) in [7, 11) is 0. The van der Waals surface area contributed by atoms with Crippen molar-refractivity contribution >= 4 is 22.9 Å². The van der Waals surface area contributed by atoms with Crippen LogP contribution in [0, 0.1) is 0 Å². The van der Waals surface area contributed by atoms with Gasteiger partial charge in [0, 0.05) is 6.42 Å². The molecule has 5 nitrogen and oxygen atoms in total. The van der Waals surface area contributed by atoms with Gasteiger partial charge < -0.3 is 5.73 Å². The molecule has 0 aliphatic rings. The summed E-state index contributed by atoms with van der Waals surface area (Å²) in [4.78, 5) is 1.05. The number of aryl methyl sites for hydroxylation is 1. The summed E-state index contributed by atoms with van der Waals surface area (Å²) >= 11 is 3.01. The van der Waals surface area contributed by atoms with Crippen molar-refractivity contribution in [2.75, 3.05) is 6.54 Å². The molecule has 0 aliphatic heterocycles. The number of rotatable bonds is 5. The van der Waals surface area contributed by atoms with Gasteiger partial charge in [-0.15, -0.1) is 15.3 Å². The molecule has 92 valence electrons. The van der Waals surface area contributed by atoms with Gasteiger partial charge in [-0.1, -0.05) is 29.7 Å². The zero-order valence-corrected chi connectivity index (χ0v) is 11.5. The Morgan fingerprint density at radius 3 is 2.76 bits per heavy atom. The molecule has 7 heteroatoms. The van der Waals surface area contributed by atoms with Crippen LogP contribution < -0.4 is 5.73 Å². The molecule has 0 bridgehead atoms. The van der Waals surface area contributed by atoms with Gasteiger partial charge in [0.25, 0.3) is 0 Å². The van der Waals surface area contributed by atoms with E-state index in [0.717, 1.165) is 33.4 Å². The Balaban J connectivity index is 2.21. The number of nitrogens with zero attached hydrogens (tertiary/aromatic N) is 4. The Kier molecular flexibility index (Phi) is 4.14. The van der Waals surface area contributed by atoms with E-state index in [4.69, 9.17) is 5.73 Å². The molecule has 17 heavy (non-hydrogen) atoms. The van der Waals surface area contributed by atoms with Crippen LogP contribution >= 0.6 is 22.9 Å². The lowest BCUT2D eigenvalue weighted by Crippen LogP contribution is -1.99. The number of hydrogen-bond donors (Lipinski definition) is 1. The van der Waals surface area contributed by atoms with E-state index < -0.39 is 0 Å². The maximum Gasteiger partial charge on any atom is 0.161 e. The molecule has 0 spiro atoms. The minimum atomic E-state index is 0.361. The standard InChI is InChI=1S/C10H15N5S2/c1-6(2)8-9(17-15-13-8)10-14-12-7(16-10)4-3-5-11/h6H,3-5,11H2,1-2H3. The van der Waals surface area contributed by atoms with Gasteiger partial charge in [-0.25, -0.2) is 0 Å². The van der Waals surface area contributed by atoms with Crippen LogP contribution in [-0.4, -0.2) is 26.3 Å². The Labute approximate surface area is 108 Å². The molecule has 0 aromatic carbocycles. The molecule has 0 aliphatic carbocycles. The van der Waals surface area contributed by atoms with Crippen molar-refractivity contribution in [2.45, 2.75) is 32.6 Å². The molecule has 0 fully saturated rings. The van der Waals surface area contributed by atoms with Gasteiger partial charge in [-0.3, -0.25) is 0 Å². The fraction of sp³-hybridized carbons (Fsp3) is 0.600. The Hall–Kier alpha value is -0.920. The maximum absolute atomic E-state index is 5.48. The number of hydrogen-bond acceptors (Lipinski definition) is 7. The third-order valence-electron chi connectivity index (χ3n) is 2.32. The van der Waals surface area contributed by atoms with Crippen molar-refractivity contribution in [2.24, 2.45) is 5.73 Å². The zero-order valence-electron chi connectivity index (χ0n) is 9.88. The Morgan fingerprint density at radius 1 is 1.24 bits per heavy atom. The number of aromatic nitrogens is 4. The highest BCUT2D eigenvalue weighted by Crippen LogP contribution is 2.32. The first-order valence-corrected chi connectivity index (χ1v) is 7.16. The summed E-state index contributed by atoms with van der Waals surface area (Å²) in [6.45, 7) is 4.90. The largest absolute Gasteiger partial charge is 0.330 e. The average molecular weight is 269 g/mol. The van der Waals surface area contributed by atoms with Crippen molar-refractivity contribution in [3.63, 3.8) is 0 Å². The molecular weight excluding hydrogens is 254 g/mol.